The second-order valence-corrected chi connectivity index (χ2v) is 4.66. The summed E-state index contributed by atoms with van der Waals surface area (Å²) in [6.45, 7) is 0. The van der Waals surface area contributed by atoms with Gasteiger partial charge in [-0.05, 0) is 31.0 Å². The third-order valence-corrected chi connectivity index (χ3v) is 3.08. The Kier molecular flexibility index (Phi) is 2.74. The molecule has 0 amide bonds. The summed E-state index contributed by atoms with van der Waals surface area (Å²) in [4.78, 5) is 11.0. The maximum atomic E-state index is 11.0. The Hall–Kier alpha value is -2.30. The quantitative estimate of drug-likeness (QED) is 0.914. The van der Waals surface area contributed by atoms with Crippen LogP contribution in [0.5, 0.6) is 5.75 Å². The van der Waals surface area contributed by atoms with Gasteiger partial charge in [-0.15, -0.1) is 0 Å². The van der Waals surface area contributed by atoms with Gasteiger partial charge in [0.05, 0.1) is 11.8 Å². The number of carboxylic acids is 1. The predicted octanol–water partition coefficient (Wildman–Crippen LogP) is 2.33. The molecule has 0 saturated heterocycles. The summed E-state index contributed by atoms with van der Waals surface area (Å²) in [5.41, 5.74) is 1.66. The van der Waals surface area contributed by atoms with Crippen LogP contribution in [-0.4, -0.2) is 27.0 Å². The van der Waals surface area contributed by atoms with Crippen LogP contribution in [-0.2, 0) is 7.05 Å². The smallest absolute Gasteiger partial charge is 0.356 e. The number of aryl methyl sites for hydroxylation is 1. The molecule has 0 radical (unpaired) electrons. The van der Waals surface area contributed by atoms with Crippen molar-refractivity contribution in [3.05, 3.63) is 36.0 Å². The third-order valence-electron chi connectivity index (χ3n) is 3.08. The van der Waals surface area contributed by atoms with E-state index in [0.29, 0.717) is 6.10 Å². The van der Waals surface area contributed by atoms with Crippen molar-refractivity contribution in [2.45, 2.75) is 18.9 Å². The van der Waals surface area contributed by atoms with Crippen LogP contribution in [0.25, 0.3) is 11.3 Å². The standard InChI is InChI=1S/C14H14N2O3/c1-16-12(8-11(15-16)14(17)18)10-4-2-3-5-13(10)19-9-6-7-9/h2-5,8-9H,6-7H2,1H3,(H,17,18). The molecule has 0 unspecified atom stereocenters. The van der Waals surface area contributed by atoms with Crippen molar-refractivity contribution < 1.29 is 14.6 Å². The van der Waals surface area contributed by atoms with Crippen molar-refractivity contribution in [2.24, 2.45) is 7.05 Å². The van der Waals surface area contributed by atoms with Gasteiger partial charge in [-0.1, -0.05) is 12.1 Å². The number of hydrogen-bond donors (Lipinski definition) is 1. The Morgan fingerprint density at radius 2 is 2.16 bits per heavy atom. The summed E-state index contributed by atoms with van der Waals surface area (Å²) in [6, 6.07) is 9.21. The molecular formula is C14H14N2O3. The molecule has 1 heterocycles. The number of rotatable bonds is 4. The Morgan fingerprint density at radius 1 is 1.42 bits per heavy atom. The van der Waals surface area contributed by atoms with Gasteiger partial charge < -0.3 is 9.84 Å². The predicted molar refractivity (Wildman–Crippen MR) is 69.3 cm³/mol. The van der Waals surface area contributed by atoms with Gasteiger partial charge in [0.2, 0.25) is 0 Å². The van der Waals surface area contributed by atoms with E-state index in [9.17, 15) is 4.79 Å². The first-order valence-corrected chi connectivity index (χ1v) is 6.18. The number of carbonyl (C=O) groups is 1. The van der Waals surface area contributed by atoms with Crippen molar-refractivity contribution in [3.8, 4) is 17.0 Å². The Balaban J connectivity index is 2.03. The fraction of sp³-hybridized carbons (Fsp3) is 0.286. The van der Waals surface area contributed by atoms with Crippen molar-refractivity contribution in [3.63, 3.8) is 0 Å². The van der Waals surface area contributed by atoms with Gasteiger partial charge in [0.25, 0.3) is 0 Å². The highest BCUT2D eigenvalue weighted by Gasteiger charge is 2.25. The van der Waals surface area contributed by atoms with Gasteiger partial charge in [-0.25, -0.2) is 4.79 Å². The number of aromatic nitrogens is 2. The molecule has 1 N–H and O–H groups in total. The van der Waals surface area contributed by atoms with E-state index in [2.05, 4.69) is 5.10 Å². The SMILES string of the molecule is Cn1nc(C(=O)O)cc1-c1ccccc1OC1CC1. The second-order valence-electron chi connectivity index (χ2n) is 4.66. The number of aromatic carboxylic acids is 1. The van der Waals surface area contributed by atoms with Gasteiger partial charge in [0.15, 0.2) is 5.69 Å². The molecule has 1 aliphatic carbocycles. The summed E-state index contributed by atoms with van der Waals surface area (Å²) >= 11 is 0. The minimum atomic E-state index is -1.03. The lowest BCUT2D eigenvalue weighted by molar-refractivity contribution is 0.0689. The van der Waals surface area contributed by atoms with Crippen LogP contribution in [0.1, 0.15) is 23.3 Å². The lowest BCUT2D eigenvalue weighted by Gasteiger charge is -2.10. The van der Waals surface area contributed by atoms with Gasteiger partial charge in [0, 0.05) is 12.6 Å². The van der Waals surface area contributed by atoms with E-state index in [1.807, 2.05) is 24.3 Å². The molecule has 0 aliphatic heterocycles. The first-order chi connectivity index (χ1) is 9.15. The molecule has 1 aromatic carbocycles. The van der Waals surface area contributed by atoms with E-state index < -0.39 is 5.97 Å². The molecule has 0 spiro atoms. The molecule has 3 rings (SSSR count). The first kappa shape index (κ1) is 11.8. The van der Waals surface area contributed by atoms with Gasteiger partial charge >= 0.3 is 5.97 Å². The molecule has 0 bridgehead atoms. The van der Waals surface area contributed by atoms with Gasteiger partial charge in [0.1, 0.15) is 5.75 Å². The van der Waals surface area contributed by atoms with E-state index in [-0.39, 0.29) is 5.69 Å². The van der Waals surface area contributed by atoms with Crippen LogP contribution in [0.2, 0.25) is 0 Å². The largest absolute Gasteiger partial charge is 0.490 e. The zero-order valence-corrected chi connectivity index (χ0v) is 10.5. The maximum Gasteiger partial charge on any atom is 0.356 e. The minimum absolute atomic E-state index is 0.0405. The molecule has 1 fully saturated rings. The maximum absolute atomic E-state index is 11.0. The highest BCUT2D eigenvalue weighted by atomic mass is 16.5. The number of nitrogens with zero attached hydrogens (tertiary/aromatic N) is 2. The van der Waals surface area contributed by atoms with E-state index >= 15 is 0 Å². The summed E-state index contributed by atoms with van der Waals surface area (Å²) in [6.07, 6.45) is 2.47. The number of benzene rings is 1. The lowest BCUT2D eigenvalue weighted by atomic mass is 10.1. The monoisotopic (exact) mass is 258 g/mol. The van der Waals surface area contributed by atoms with E-state index in [0.717, 1.165) is 29.8 Å². The van der Waals surface area contributed by atoms with Crippen LogP contribution in [0.15, 0.2) is 30.3 Å². The molecule has 1 aliphatic rings. The van der Waals surface area contributed by atoms with Crippen molar-refractivity contribution in [2.75, 3.05) is 0 Å². The van der Waals surface area contributed by atoms with Crippen molar-refractivity contribution in [1.29, 1.82) is 0 Å². The topological polar surface area (TPSA) is 64.4 Å². The number of ether oxygens (including phenoxy) is 1. The Morgan fingerprint density at radius 3 is 2.79 bits per heavy atom. The number of carboxylic acid groups (broad SMARTS) is 1. The zero-order chi connectivity index (χ0) is 13.4. The number of hydrogen-bond acceptors (Lipinski definition) is 3. The van der Waals surface area contributed by atoms with Crippen LogP contribution < -0.4 is 4.74 Å². The molecule has 1 aromatic heterocycles. The van der Waals surface area contributed by atoms with Crippen molar-refractivity contribution >= 4 is 5.97 Å². The van der Waals surface area contributed by atoms with E-state index in [4.69, 9.17) is 9.84 Å². The van der Waals surface area contributed by atoms with Gasteiger partial charge in [-0.2, -0.15) is 5.10 Å². The Labute approximate surface area is 110 Å². The normalized spacial score (nSPS) is 14.4. The van der Waals surface area contributed by atoms with E-state index in [1.165, 1.54) is 0 Å². The van der Waals surface area contributed by atoms with Crippen LogP contribution in [0.3, 0.4) is 0 Å². The fourth-order valence-corrected chi connectivity index (χ4v) is 1.97. The molecule has 5 heteroatoms. The molecule has 2 aromatic rings. The third kappa shape index (κ3) is 2.31. The summed E-state index contributed by atoms with van der Waals surface area (Å²) < 4.78 is 7.42. The molecular weight excluding hydrogens is 244 g/mol. The summed E-state index contributed by atoms with van der Waals surface area (Å²) in [5.74, 6) is -0.243. The molecule has 1 saturated carbocycles. The molecule has 0 atom stereocenters. The fourth-order valence-electron chi connectivity index (χ4n) is 1.97. The molecule has 5 nitrogen and oxygen atoms in total. The lowest BCUT2D eigenvalue weighted by Crippen LogP contribution is -2.01. The molecule has 98 valence electrons. The van der Waals surface area contributed by atoms with Crippen molar-refractivity contribution in [1.82, 2.24) is 9.78 Å². The Bertz CT molecular complexity index is 629. The van der Waals surface area contributed by atoms with Crippen LogP contribution in [0.4, 0.5) is 0 Å². The average molecular weight is 258 g/mol. The number of para-hydroxylation sites is 1. The highest BCUT2D eigenvalue weighted by molar-refractivity contribution is 5.87. The molecule has 19 heavy (non-hydrogen) atoms. The average Bonchev–Trinajstić information content (AvgIpc) is 3.11. The minimum Gasteiger partial charge on any atom is -0.490 e. The highest BCUT2D eigenvalue weighted by Crippen LogP contribution is 2.34. The van der Waals surface area contributed by atoms with Gasteiger partial charge in [-0.3, -0.25) is 4.68 Å². The van der Waals surface area contributed by atoms with Crippen LogP contribution in [0, 0.1) is 0 Å². The summed E-state index contributed by atoms with van der Waals surface area (Å²) in [7, 11) is 1.73. The summed E-state index contributed by atoms with van der Waals surface area (Å²) in [5, 5.41) is 13.0. The first-order valence-electron chi connectivity index (χ1n) is 6.18. The zero-order valence-electron chi connectivity index (χ0n) is 10.5. The van der Waals surface area contributed by atoms with Crippen LogP contribution >= 0.6 is 0 Å². The second kappa shape index (κ2) is 4.42. The van der Waals surface area contributed by atoms with E-state index in [1.54, 1.807) is 17.8 Å².